The Morgan fingerprint density at radius 2 is 0.545 bits per heavy atom. The first-order valence-electron chi connectivity index (χ1n) is 22.2. The van der Waals surface area contributed by atoms with E-state index in [0.29, 0.717) is 0 Å². The summed E-state index contributed by atoms with van der Waals surface area (Å²) in [7, 11) is 0. The standard InChI is InChI=1S/C62H38N2S2/c63-61-49-29-27-43(39-13-5-11-37(31-39)41-15-7-17-45(33-41)47-21-9-25-57-59(47)51-19-1-3-23-55(51)65-57)35-53(49)54-36-44(28-30-50(54)62(61)64)40-14-6-12-38(32-40)42-16-8-18-46(34-42)48-22-10-26-58-60(48)52-20-2-4-24-56(52)66-58/h1-36,63-64H. The van der Waals surface area contributed by atoms with Crippen molar-refractivity contribution in [2.24, 2.45) is 0 Å². The summed E-state index contributed by atoms with van der Waals surface area (Å²) in [5, 5.41) is 23.4. The van der Waals surface area contributed by atoms with Crippen LogP contribution in [0, 0.1) is 10.8 Å². The van der Waals surface area contributed by atoms with Crippen LogP contribution in [0.2, 0.25) is 0 Å². The van der Waals surface area contributed by atoms with Gasteiger partial charge in [-0.1, -0.05) is 158 Å². The number of fused-ring (bicyclic) bond motifs is 9. The van der Waals surface area contributed by atoms with Gasteiger partial charge < -0.3 is 0 Å². The van der Waals surface area contributed by atoms with Crippen LogP contribution in [-0.2, 0) is 0 Å². The molecule has 1 aliphatic rings. The summed E-state index contributed by atoms with van der Waals surface area (Å²) in [4.78, 5) is 0. The minimum atomic E-state index is 0.254. The molecule has 12 aromatic rings. The fraction of sp³-hybridized carbons (Fsp3) is 0. The van der Waals surface area contributed by atoms with Crippen molar-refractivity contribution in [1.29, 1.82) is 10.8 Å². The third-order valence-electron chi connectivity index (χ3n) is 13.3. The number of hydrogen-bond acceptors (Lipinski definition) is 4. The van der Waals surface area contributed by atoms with Crippen molar-refractivity contribution in [1.82, 2.24) is 0 Å². The Bertz CT molecular complexity index is 3740. The Kier molecular flexibility index (Phi) is 8.92. The molecule has 13 rings (SSSR count). The molecule has 0 unspecified atom stereocenters. The topological polar surface area (TPSA) is 47.7 Å². The lowest BCUT2D eigenvalue weighted by Gasteiger charge is -2.23. The summed E-state index contributed by atoms with van der Waals surface area (Å²) >= 11 is 3.70. The molecule has 66 heavy (non-hydrogen) atoms. The van der Waals surface area contributed by atoms with Crippen LogP contribution < -0.4 is 0 Å². The Hall–Kier alpha value is -8.02. The normalized spacial score (nSPS) is 12.3. The van der Waals surface area contributed by atoms with Crippen LogP contribution in [-0.4, -0.2) is 11.4 Å². The van der Waals surface area contributed by atoms with E-state index in [0.717, 1.165) is 66.8 Å². The molecule has 2 N–H and O–H groups in total. The van der Waals surface area contributed by atoms with Crippen molar-refractivity contribution >= 4 is 74.4 Å². The van der Waals surface area contributed by atoms with Crippen molar-refractivity contribution in [3.8, 4) is 77.9 Å². The maximum absolute atomic E-state index is 9.08. The fourth-order valence-electron chi connectivity index (χ4n) is 10.1. The summed E-state index contributed by atoms with van der Waals surface area (Å²) < 4.78 is 5.22. The van der Waals surface area contributed by atoms with E-state index in [1.807, 2.05) is 34.8 Å². The third kappa shape index (κ3) is 6.29. The van der Waals surface area contributed by atoms with Gasteiger partial charge in [-0.2, -0.15) is 0 Å². The van der Waals surface area contributed by atoms with Gasteiger partial charge in [0.25, 0.3) is 0 Å². The lowest BCUT2D eigenvalue weighted by Crippen LogP contribution is -2.21. The van der Waals surface area contributed by atoms with Crippen molar-refractivity contribution in [3.05, 3.63) is 230 Å². The monoisotopic (exact) mass is 874 g/mol. The van der Waals surface area contributed by atoms with E-state index in [1.54, 1.807) is 0 Å². The highest BCUT2D eigenvalue weighted by Gasteiger charge is 2.26. The molecule has 10 aromatic carbocycles. The smallest absolute Gasteiger partial charge is 0.0874 e. The number of benzene rings is 10. The van der Waals surface area contributed by atoms with E-state index in [2.05, 4.69) is 206 Å². The largest absolute Gasteiger partial charge is 0.298 e. The number of thiophene rings is 2. The molecule has 2 nitrogen and oxygen atoms in total. The van der Waals surface area contributed by atoms with Gasteiger partial charge in [0.2, 0.25) is 0 Å². The van der Waals surface area contributed by atoms with Gasteiger partial charge in [0, 0.05) is 51.5 Å². The average Bonchev–Trinajstić information content (AvgIpc) is 3.97. The van der Waals surface area contributed by atoms with E-state index in [9.17, 15) is 0 Å². The maximum atomic E-state index is 9.08. The van der Waals surface area contributed by atoms with Gasteiger partial charge in [-0.05, 0) is 139 Å². The molecular weight excluding hydrogens is 837 g/mol. The van der Waals surface area contributed by atoms with Gasteiger partial charge in [-0.3, -0.25) is 10.8 Å². The summed E-state index contributed by atoms with van der Waals surface area (Å²) in [6.45, 7) is 0. The summed E-state index contributed by atoms with van der Waals surface area (Å²) in [5.41, 5.74) is 17.9. The van der Waals surface area contributed by atoms with Crippen molar-refractivity contribution in [2.75, 3.05) is 0 Å². The first kappa shape index (κ1) is 38.4. The van der Waals surface area contributed by atoms with Crippen LogP contribution in [0.4, 0.5) is 0 Å². The summed E-state index contributed by atoms with van der Waals surface area (Å²) in [6.07, 6.45) is 0. The molecule has 0 spiro atoms. The summed E-state index contributed by atoms with van der Waals surface area (Å²) in [5.74, 6) is 0. The average molecular weight is 875 g/mol. The number of rotatable bonds is 6. The molecule has 0 aliphatic heterocycles. The van der Waals surface area contributed by atoms with Crippen LogP contribution in [0.5, 0.6) is 0 Å². The van der Waals surface area contributed by atoms with Crippen LogP contribution in [0.1, 0.15) is 11.1 Å². The zero-order valence-corrected chi connectivity index (χ0v) is 37.2. The Morgan fingerprint density at radius 3 is 0.955 bits per heavy atom. The lowest BCUT2D eigenvalue weighted by molar-refractivity contribution is 1.42. The fourth-order valence-corrected chi connectivity index (χ4v) is 12.4. The molecule has 0 amide bonds. The molecule has 2 heterocycles. The van der Waals surface area contributed by atoms with Crippen molar-refractivity contribution in [2.45, 2.75) is 0 Å². The Morgan fingerprint density at radius 1 is 0.227 bits per heavy atom. The van der Waals surface area contributed by atoms with Crippen molar-refractivity contribution < 1.29 is 0 Å². The van der Waals surface area contributed by atoms with E-state index >= 15 is 0 Å². The van der Waals surface area contributed by atoms with Gasteiger partial charge >= 0.3 is 0 Å². The molecule has 0 saturated heterocycles. The second-order valence-electron chi connectivity index (χ2n) is 17.1. The van der Waals surface area contributed by atoms with Crippen LogP contribution >= 0.6 is 22.7 Å². The zero-order valence-electron chi connectivity index (χ0n) is 35.6. The van der Waals surface area contributed by atoms with Gasteiger partial charge in [-0.15, -0.1) is 22.7 Å². The Labute approximate surface area is 390 Å². The van der Waals surface area contributed by atoms with Crippen LogP contribution in [0.15, 0.2) is 218 Å². The van der Waals surface area contributed by atoms with Crippen molar-refractivity contribution in [3.63, 3.8) is 0 Å². The molecular formula is C62H38N2S2. The molecule has 308 valence electrons. The summed E-state index contributed by atoms with van der Waals surface area (Å²) in [6, 6.07) is 78.8. The second-order valence-corrected chi connectivity index (χ2v) is 19.3. The maximum Gasteiger partial charge on any atom is 0.0874 e. The SMILES string of the molecule is N=C1C(=N)c2ccc(-c3cccc(-c4cccc(-c5cccc6sc7ccccc7c56)c4)c3)cc2-c2cc(-c3cccc(-c4cccc(-c5cccc6sc7ccccc7c56)c4)c3)ccc21. The lowest BCUT2D eigenvalue weighted by atomic mass is 9.80. The molecule has 0 saturated carbocycles. The van der Waals surface area contributed by atoms with E-state index in [-0.39, 0.29) is 11.4 Å². The predicted molar refractivity (Wildman–Crippen MR) is 284 cm³/mol. The van der Waals surface area contributed by atoms with Gasteiger partial charge in [-0.25, -0.2) is 0 Å². The molecule has 2 aromatic heterocycles. The quantitative estimate of drug-likeness (QED) is 0.167. The van der Waals surface area contributed by atoms with Gasteiger partial charge in [0.15, 0.2) is 0 Å². The molecule has 0 bridgehead atoms. The number of hydrogen-bond donors (Lipinski definition) is 2. The molecule has 0 fully saturated rings. The minimum absolute atomic E-state index is 0.254. The zero-order chi connectivity index (χ0) is 43.9. The van der Waals surface area contributed by atoms with E-state index < -0.39 is 0 Å². The molecule has 4 heteroatoms. The second kappa shape index (κ2) is 15.3. The van der Waals surface area contributed by atoms with Gasteiger partial charge in [0.05, 0.1) is 11.4 Å². The van der Waals surface area contributed by atoms with Crippen LogP contribution in [0.25, 0.3) is 118 Å². The van der Waals surface area contributed by atoms with E-state index in [4.69, 9.17) is 10.8 Å². The highest BCUT2D eigenvalue weighted by molar-refractivity contribution is 7.26. The molecule has 1 aliphatic carbocycles. The van der Waals surface area contributed by atoms with Crippen LogP contribution in [0.3, 0.4) is 0 Å². The highest BCUT2D eigenvalue weighted by atomic mass is 32.1. The first-order valence-corrected chi connectivity index (χ1v) is 23.9. The molecule has 0 radical (unpaired) electrons. The minimum Gasteiger partial charge on any atom is -0.298 e. The number of nitrogens with one attached hydrogen (secondary N) is 2. The highest BCUT2D eigenvalue weighted by Crippen LogP contribution is 2.44. The third-order valence-corrected chi connectivity index (χ3v) is 15.6. The predicted octanol–water partition coefficient (Wildman–Crippen LogP) is 17.8. The van der Waals surface area contributed by atoms with E-state index in [1.165, 1.54) is 62.6 Å². The van der Waals surface area contributed by atoms with Gasteiger partial charge in [0.1, 0.15) is 0 Å². The first-order chi connectivity index (χ1) is 32.5. The molecule has 0 atom stereocenters. The Balaban J connectivity index is 0.848.